The summed E-state index contributed by atoms with van der Waals surface area (Å²) in [4.78, 5) is 13.9. The minimum Gasteiger partial charge on any atom is -0.465 e. The average Bonchev–Trinajstić information content (AvgIpc) is 3.30. The first kappa shape index (κ1) is 17.7. The predicted molar refractivity (Wildman–Crippen MR) is 90.7 cm³/mol. The van der Waals surface area contributed by atoms with Crippen molar-refractivity contribution in [2.75, 3.05) is 13.7 Å². The van der Waals surface area contributed by atoms with Crippen LogP contribution in [0.15, 0.2) is 23.1 Å². The molecule has 8 heteroatoms. The Hall–Kier alpha value is -1.15. The third kappa shape index (κ3) is 3.59. The number of nitrogens with one attached hydrogen (secondary N) is 1. The van der Waals surface area contributed by atoms with Crippen LogP contribution in [0.25, 0.3) is 0 Å². The number of hydrogen-bond acceptors (Lipinski definition) is 5. The third-order valence-electron chi connectivity index (χ3n) is 4.60. The van der Waals surface area contributed by atoms with E-state index in [1.165, 1.54) is 38.2 Å². The van der Waals surface area contributed by atoms with Crippen LogP contribution in [0.4, 0.5) is 0 Å². The van der Waals surface area contributed by atoms with Crippen LogP contribution in [-0.4, -0.2) is 51.1 Å². The van der Waals surface area contributed by atoms with Gasteiger partial charge in [0.05, 0.1) is 17.7 Å². The minimum absolute atomic E-state index is 0.0836. The number of carbonyl (C=O) groups is 1. The number of esters is 1. The number of halogens is 1. The zero-order valence-electron chi connectivity index (χ0n) is 13.7. The van der Waals surface area contributed by atoms with Crippen molar-refractivity contribution < 1.29 is 17.9 Å². The second-order valence-electron chi connectivity index (χ2n) is 6.47. The Kier molecular flexibility index (Phi) is 4.88. The van der Waals surface area contributed by atoms with Gasteiger partial charge in [0, 0.05) is 24.7 Å². The summed E-state index contributed by atoms with van der Waals surface area (Å²) in [5, 5.41) is 0.0836. The Labute approximate surface area is 147 Å². The zero-order valence-corrected chi connectivity index (χ0v) is 15.2. The quantitative estimate of drug-likeness (QED) is 0.800. The van der Waals surface area contributed by atoms with Crippen LogP contribution in [0.5, 0.6) is 0 Å². The maximum Gasteiger partial charge on any atom is 0.337 e. The van der Waals surface area contributed by atoms with E-state index in [1.807, 2.05) is 0 Å². The molecule has 0 radical (unpaired) electrons. The van der Waals surface area contributed by atoms with Gasteiger partial charge in [0.1, 0.15) is 4.90 Å². The Morgan fingerprint density at radius 1 is 1.38 bits per heavy atom. The van der Waals surface area contributed by atoms with Crippen molar-refractivity contribution in [3.05, 3.63) is 28.8 Å². The number of carbonyl (C=O) groups excluding carboxylic acids is 1. The zero-order chi connectivity index (χ0) is 17.5. The molecule has 3 rings (SSSR count). The average molecular weight is 373 g/mol. The summed E-state index contributed by atoms with van der Waals surface area (Å²) in [5.74, 6) is -0.600. The van der Waals surface area contributed by atoms with Gasteiger partial charge in [0.25, 0.3) is 0 Å². The van der Waals surface area contributed by atoms with Gasteiger partial charge in [-0.2, -0.15) is 0 Å². The van der Waals surface area contributed by atoms with Crippen molar-refractivity contribution in [3.63, 3.8) is 0 Å². The molecule has 132 valence electrons. The lowest BCUT2D eigenvalue weighted by atomic mass is 10.2. The highest BCUT2D eigenvalue weighted by molar-refractivity contribution is 7.89. The summed E-state index contributed by atoms with van der Waals surface area (Å²) < 4.78 is 32.8. The third-order valence-corrected chi connectivity index (χ3v) is 6.60. The number of ether oxygens (including phenoxy) is 1. The number of likely N-dealkylation sites (tertiary alicyclic amines) is 1. The first-order valence-corrected chi connectivity index (χ1v) is 9.84. The molecule has 2 aliphatic rings. The van der Waals surface area contributed by atoms with Gasteiger partial charge in [-0.05, 0) is 44.4 Å². The molecule has 24 heavy (non-hydrogen) atoms. The standard InChI is InChI=1S/C16H21ClN2O4S/c1-10-7-12(9-19(10)13-4-5-13)18-24(21,22)15-8-11(16(20)23-2)3-6-14(15)17/h3,6,8,10,12-13,18H,4-5,7,9H2,1-2H3/t10-,12-/m0/s1. The lowest BCUT2D eigenvalue weighted by Gasteiger charge is -2.19. The summed E-state index contributed by atoms with van der Waals surface area (Å²) >= 11 is 6.05. The fourth-order valence-electron chi connectivity index (χ4n) is 3.29. The second kappa shape index (κ2) is 6.63. The summed E-state index contributed by atoms with van der Waals surface area (Å²) in [5.41, 5.74) is 0.154. The van der Waals surface area contributed by atoms with Crippen LogP contribution in [0, 0.1) is 0 Å². The normalized spacial score (nSPS) is 25.0. The largest absolute Gasteiger partial charge is 0.465 e. The van der Waals surface area contributed by atoms with Gasteiger partial charge in [-0.1, -0.05) is 11.6 Å². The van der Waals surface area contributed by atoms with Crippen LogP contribution >= 0.6 is 11.6 Å². The van der Waals surface area contributed by atoms with Crippen molar-refractivity contribution in [3.8, 4) is 0 Å². The molecule has 1 aliphatic carbocycles. The molecule has 1 aromatic rings. The van der Waals surface area contributed by atoms with Gasteiger partial charge in [0.2, 0.25) is 10.0 Å². The van der Waals surface area contributed by atoms with E-state index < -0.39 is 16.0 Å². The molecule has 0 aromatic heterocycles. The molecular weight excluding hydrogens is 352 g/mol. The molecule has 6 nitrogen and oxygen atoms in total. The number of hydrogen-bond donors (Lipinski definition) is 1. The molecule has 2 atom stereocenters. The highest BCUT2D eigenvalue weighted by Crippen LogP contribution is 2.34. The molecule has 1 aromatic carbocycles. The van der Waals surface area contributed by atoms with E-state index in [-0.39, 0.29) is 21.5 Å². The van der Waals surface area contributed by atoms with E-state index in [0.717, 1.165) is 6.42 Å². The highest BCUT2D eigenvalue weighted by atomic mass is 35.5. The Morgan fingerprint density at radius 3 is 2.71 bits per heavy atom. The summed E-state index contributed by atoms with van der Waals surface area (Å²) in [6.07, 6.45) is 3.15. The second-order valence-corrected chi connectivity index (χ2v) is 8.56. The van der Waals surface area contributed by atoms with Crippen LogP contribution in [0.1, 0.15) is 36.5 Å². The molecule has 1 N–H and O–H groups in total. The van der Waals surface area contributed by atoms with Gasteiger partial charge >= 0.3 is 5.97 Å². The predicted octanol–water partition coefficient (Wildman–Crippen LogP) is 2.03. The number of sulfonamides is 1. The molecule has 1 saturated carbocycles. The summed E-state index contributed by atoms with van der Waals surface area (Å²) in [6.45, 7) is 2.83. The lowest BCUT2D eigenvalue weighted by Crippen LogP contribution is -2.37. The molecule has 0 amide bonds. The summed E-state index contributed by atoms with van der Waals surface area (Å²) in [6, 6.07) is 4.91. The van der Waals surface area contributed by atoms with E-state index in [2.05, 4.69) is 21.3 Å². The van der Waals surface area contributed by atoms with Gasteiger partial charge in [0.15, 0.2) is 0 Å². The Balaban J connectivity index is 1.79. The van der Waals surface area contributed by atoms with Gasteiger partial charge < -0.3 is 4.74 Å². The molecule has 1 heterocycles. The highest BCUT2D eigenvalue weighted by Gasteiger charge is 2.40. The van der Waals surface area contributed by atoms with Crippen molar-refractivity contribution in [1.29, 1.82) is 0 Å². The molecule has 0 bridgehead atoms. The fraction of sp³-hybridized carbons (Fsp3) is 0.562. The molecule has 2 fully saturated rings. The smallest absolute Gasteiger partial charge is 0.337 e. The monoisotopic (exact) mass is 372 g/mol. The van der Waals surface area contributed by atoms with Crippen molar-refractivity contribution in [2.45, 2.75) is 49.2 Å². The van der Waals surface area contributed by atoms with Crippen molar-refractivity contribution in [2.24, 2.45) is 0 Å². The van der Waals surface area contributed by atoms with Gasteiger partial charge in [-0.3, -0.25) is 4.90 Å². The molecule has 1 aliphatic heterocycles. The van der Waals surface area contributed by atoms with Crippen molar-refractivity contribution in [1.82, 2.24) is 9.62 Å². The van der Waals surface area contributed by atoms with E-state index in [9.17, 15) is 13.2 Å². The van der Waals surface area contributed by atoms with E-state index in [4.69, 9.17) is 11.6 Å². The maximum atomic E-state index is 12.7. The van der Waals surface area contributed by atoms with Crippen LogP contribution in [0.2, 0.25) is 5.02 Å². The van der Waals surface area contributed by atoms with Gasteiger partial charge in [-0.25, -0.2) is 17.9 Å². The Morgan fingerprint density at radius 2 is 2.08 bits per heavy atom. The number of methoxy groups -OCH3 is 1. The number of rotatable bonds is 5. The Bertz CT molecular complexity index is 748. The maximum absolute atomic E-state index is 12.7. The SMILES string of the molecule is COC(=O)c1ccc(Cl)c(S(=O)(=O)N[C@H]2C[C@H](C)N(C3CC3)C2)c1. The fourth-order valence-corrected chi connectivity index (χ4v) is 5.06. The van der Waals surface area contributed by atoms with Crippen LogP contribution < -0.4 is 4.72 Å². The number of benzene rings is 1. The van der Waals surface area contributed by atoms with E-state index >= 15 is 0 Å². The first-order valence-electron chi connectivity index (χ1n) is 7.97. The number of nitrogens with zero attached hydrogens (tertiary/aromatic N) is 1. The first-order chi connectivity index (χ1) is 11.3. The molecule has 1 saturated heterocycles. The molecule has 0 unspecified atom stereocenters. The van der Waals surface area contributed by atoms with Gasteiger partial charge in [-0.15, -0.1) is 0 Å². The van der Waals surface area contributed by atoms with E-state index in [0.29, 0.717) is 18.6 Å². The minimum atomic E-state index is -3.81. The van der Waals surface area contributed by atoms with Crippen LogP contribution in [0.3, 0.4) is 0 Å². The molecule has 0 spiro atoms. The lowest BCUT2D eigenvalue weighted by molar-refractivity contribution is 0.0600. The topological polar surface area (TPSA) is 75.7 Å². The molecular formula is C16H21ClN2O4S. The van der Waals surface area contributed by atoms with E-state index in [1.54, 1.807) is 0 Å². The summed E-state index contributed by atoms with van der Waals surface area (Å²) in [7, 11) is -2.56. The van der Waals surface area contributed by atoms with Crippen molar-refractivity contribution >= 4 is 27.6 Å². The van der Waals surface area contributed by atoms with Crippen LogP contribution in [-0.2, 0) is 14.8 Å².